The average Bonchev–Trinajstić information content (AvgIpc) is 3.02. The van der Waals surface area contributed by atoms with E-state index >= 15 is 0 Å². The van der Waals surface area contributed by atoms with Gasteiger partial charge in [-0.25, -0.2) is 4.68 Å². The van der Waals surface area contributed by atoms with Gasteiger partial charge in [0.15, 0.2) is 0 Å². The summed E-state index contributed by atoms with van der Waals surface area (Å²) in [5, 5.41) is 14.0. The van der Waals surface area contributed by atoms with Crippen molar-refractivity contribution in [3.05, 3.63) is 36.2 Å². The van der Waals surface area contributed by atoms with E-state index in [4.69, 9.17) is 0 Å². The van der Waals surface area contributed by atoms with Crippen molar-refractivity contribution in [3.8, 4) is 5.69 Å². The summed E-state index contributed by atoms with van der Waals surface area (Å²) in [6, 6.07) is 7.42. The van der Waals surface area contributed by atoms with Crippen LogP contribution in [0.2, 0.25) is 0 Å². The largest absolute Gasteiger partial charge is 0.350 e. The van der Waals surface area contributed by atoms with Gasteiger partial charge in [-0.15, -0.1) is 5.10 Å². The number of unbranched alkanes of at least 4 members (excludes halogenated alkanes) is 2. The van der Waals surface area contributed by atoms with Crippen molar-refractivity contribution in [2.75, 3.05) is 0 Å². The molecule has 0 fully saturated rings. The molecule has 1 N–H and O–H groups in total. The molecule has 1 amide bonds. The number of hydrogen-bond acceptors (Lipinski definition) is 4. The molecular weight excluding hydrogens is 266 g/mol. The van der Waals surface area contributed by atoms with E-state index in [1.165, 1.54) is 19.2 Å². The molecule has 0 unspecified atom stereocenters. The van der Waals surface area contributed by atoms with Crippen LogP contribution < -0.4 is 5.32 Å². The molecule has 21 heavy (non-hydrogen) atoms. The Labute approximate surface area is 124 Å². The zero-order chi connectivity index (χ0) is 15.1. The van der Waals surface area contributed by atoms with Crippen molar-refractivity contribution in [2.24, 2.45) is 0 Å². The number of aromatic nitrogens is 4. The van der Waals surface area contributed by atoms with Crippen LogP contribution in [0.5, 0.6) is 0 Å². The summed E-state index contributed by atoms with van der Waals surface area (Å²) in [5.41, 5.74) is 1.47. The van der Waals surface area contributed by atoms with Gasteiger partial charge in [0.2, 0.25) is 0 Å². The first-order valence-electron chi connectivity index (χ1n) is 7.35. The van der Waals surface area contributed by atoms with Crippen molar-refractivity contribution in [1.82, 2.24) is 25.5 Å². The first-order chi connectivity index (χ1) is 10.2. The standard InChI is InChI=1S/C15H21N5O/c1-3-4-5-6-12(2)17-15(21)13-7-9-14(10-8-13)20-11-16-18-19-20/h7-12H,3-6H2,1-2H3,(H,17,21)/t12-/m1/s1. The van der Waals surface area contributed by atoms with Crippen LogP contribution in [0.1, 0.15) is 49.9 Å². The Kier molecular flexibility index (Phi) is 5.43. The summed E-state index contributed by atoms with van der Waals surface area (Å²) in [5.74, 6) is -0.0396. The summed E-state index contributed by atoms with van der Waals surface area (Å²) in [7, 11) is 0. The van der Waals surface area contributed by atoms with Gasteiger partial charge in [-0.2, -0.15) is 0 Å². The SMILES string of the molecule is CCCCC[C@@H](C)NC(=O)c1ccc(-n2cnnn2)cc1. The molecule has 0 spiro atoms. The molecule has 0 saturated carbocycles. The van der Waals surface area contributed by atoms with Gasteiger partial charge in [-0.05, 0) is 48.0 Å². The molecule has 1 aromatic heterocycles. The maximum Gasteiger partial charge on any atom is 0.251 e. The van der Waals surface area contributed by atoms with Gasteiger partial charge in [0, 0.05) is 11.6 Å². The number of tetrazole rings is 1. The van der Waals surface area contributed by atoms with Gasteiger partial charge in [-0.1, -0.05) is 26.2 Å². The van der Waals surface area contributed by atoms with E-state index in [1.807, 2.05) is 19.1 Å². The first kappa shape index (κ1) is 15.2. The van der Waals surface area contributed by atoms with E-state index in [1.54, 1.807) is 16.8 Å². The van der Waals surface area contributed by atoms with Crippen LogP contribution in [0.4, 0.5) is 0 Å². The molecule has 1 heterocycles. The Balaban J connectivity index is 1.91. The predicted molar refractivity (Wildman–Crippen MR) is 80.2 cm³/mol. The molecule has 0 saturated heterocycles. The number of hydrogen-bond donors (Lipinski definition) is 1. The fourth-order valence-electron chi connectivity index (χ4n) is 2.12. The number of rotatable bonds is 7. The minimum atomic E-state index is -0.0396. The highest BCUT2D eigenvalue weighted by Gasteiger charge is 2.09. The summed E-state index contributed by atoms with van der Waals surface area (Å²) < 4.78 is 1.55. The second-order valence-corrected chi connectivity index (χ2v) is 5.17. The molecule has 112 valence electrons. The molecule has 1 atom stereocenters. The minimum absolute atomic E-state index is 0.0396. The second kappa shape index (κ2) is 7.52. The van der Waals surface area contributed by atoms with Crippen LogP contribution in [-0.4, -0.2) is 32.2 Å². The van der Waals surface area contributed by atoms with Gasteiger partial charge in [0.25, 0.3) is 5.91 Å². The number of carbonyl (C=O) groups is 1. The average molecular weight is 287 g/mol. The Bertz CT molecular complexity index is 550. The van der Waals surface area contributed by atoms with E-state index in [0.717, 1.165) is 18.5 Å². The molecule has 0 aliphatic heterocycles. The number of carbonyl (C=O) groups excluding carboxylic acids is 1. The van der Waals surface area contributed by atoms with Crippen molar-refractivity contribution in [3.63, 3.8) is 0 Å². The quantitative estimate of drug-likeness (QED) is 0.793. The number of benzene rings is 1. The van der Waals surface area contributed by atoms with Crippen LogP contribution in [0.3, 0.4) is 0 Å². The Morgan fingerprint density at radius 3 is 2.67 bits per heavy atom. The molecule has 0 radical (unpaired) electrons. The number of amides is 1. The van der Waals surface area contributed by atoms with Crippen LogP contribution in [0.15, 0.2) is 30.6 Å². The zero-order valence-electron chi connectivity index (χ0n) is 12.5. The predicted octanol–water partition coefficient (Wildman–Crippen LogP) is 2.36. The zero-order valence-corrected chi connectivity index (χ0v) is 12.5. The van der Waals surface area contributed by atoms with E-state index in [2.05, 4.69) is 27.8 Å². The van der Waals surface area contributed by atoms with Crippen molar-refractivity contribution in [1.29, 1.82) is 0 Å². The minimum Gasteiger partial charge on any atom is -0.350 e. The lowest BCUT2D eigenvalue weighted by atomic mass is 10.1. The normalized spacial score (nSPS) is 12.1. The van der Waals surface area contributed by atoms with Crippen molar-refractivity contribution >= 4 is 5.91 Å². The molecular formula is C15H21N5O. The summed E-state index contributed by atoms with van der Waals surface area (Å²) in [6.07, 6.45) is 6.09. The van der Waals surface area contributed by atoms with Gasteiger partial charge in [0.1, 0.15) is 6.33 Å². The number of nitrogens with one attached hydrogen (secondary N) is 1. The Morgan fingerprint density at radius 1 is 1.29 bits per heavy atom. The molecule has 0 aliphatic rings. The monoisotopic (exact) mass is 287 g/mol. The Hall–Kier alpha value is -2.24. The molecule has 0 bridgehead atoms. The smallest absolute Gasteiger partial charge is 0.251 e. The van der Waals surface area contributed by atoms with E-state index < -0.39 is 0 Å². The highest BCUT2D eigenvalue weighted by molar-refractivity contribution is 5.94. The summed E-state index contributed by atoms with van der Waals surface area (Å²) in [6.45, 7) is 4.22. The van der Waals surface area contributed by atoms with Crippen LogP contribution in [0, 0.1) is 0 Å². The maximum absolute atomic E-state index is 12.1. The lowest BCUT2D eigenvalue weighted by Crippen LogP contribution is -2.32. The van der Waals surface area contributed by atoms with E-state index in [0.29, 0.717) is 5.56 Å². The lowest BCUT2D eigenvalue weighted by molar-refractivity contribution is 0.0938. The topological polar surface area (TPSA) is 72.7 Å². The highest BCUT2D eigenvalue weighted by Crippen LogP contribution is 2.09. The molecule has 2 rings (SSSR count). The third kappa shape index (κ3) is 4.37. The summed E-state index contributed by atoms with van der Waals surface area (Å²) in [4.78, 5) is 12.1. The number of nitrogens with zero attached hydrogens (tertiary/aromatic N) is 4. The molecule has 6 nitrogen and oxygen atoms in total. The van der Waals surface area contributed by atoms with Gasteiger partial charge >= 0.3 is 0 Å². The second-order valence-electron chi connectivity index (χ2n) is 5.17. The molecule has 6 heteroatoms. The molecule has 2 aromatic rings. The van der Waals surface area contributed by atoms with E-state index in [-0.39, 0.29) is 11.9 Å². The van der Waals surface area contributed by atoms with Gasteiger partial charge in [0.05, 0.1) is 5.69 Å². The third-order valence-electron chi connectivity index (χ3n) is 3.36. The van der Waals surface area contributed by atoms with Crippen molar-refractivity contribution in [2.45, 2.75) is 45.6 Å². The summed E-state index contributed by atoms with van der Waals surface area (Å²) >= 11 is 0. The fourth-order valence-corrected chi connectivity index (χ4v) is 2.12. The highest BCUT2D eigenvalue weighted by atomic mass is 16.1. The van der Waals surface area contributed by atoms with Crippen LogP contribution in [-0.2, 0) is 0 Å². The molecule has 0 aliphatic carbocycles. The first-order valence-corrected chi connectivity index (χ1v) is 7.35. The van der Waals surface area contributed by atoms with Crippen LogP contribution in [0.25, 0.3) is 5.69 Å². The maximum atomic E-state index is 12.1. The van der Waals surface area contributed by atoms with Gasteiger partial charge < -0.3 is 5.32 Å². The van der Waals surface area contributed by atoms with Gasteiger partial charge in [-0.3, -0.25) is 4.79 Å². The molecule has 1 aromatic carbocycles. The van der Waals surface area contributed by atoms with Crippen molar-refractivity contribution < 1.29 is 4.79 Å². The third-order valence-corrected chi connectivity index (χ3v) is 3.36. The lowest BCUT2D eigenvalue weighted by Gasteiger charge is -2.13. The Morgan fingerprint density at radius 2 is 2.05 bits per heavy atom. The van der Waals surface area contributed by atoms with E-state index in [9.17, 15) is 4.79 Å². The fraction of sp³-hybridized carbons (Fsp3) is 0.467. The van der Waals surface area contributed by atoms with Crippen LogP contribution >= 0.6 is 0 Å².